The molecule has 1 aromatic carbocycles. The van der Waals surface area contributed by atoms with Gasteiger partial charge in [-0.3, -0.25) is 4.79 Å². The SMILES string of the molecule is CCCc1nnnn1-c1ccc(C(C)(C)C(=O)O)cc1. The molecule has 0 atom stereocenters. The summed E-state index contributed by atoms with van der Waals surface area (Å²) < 4.78 is 1.68. The van der Waals surface area contributed by atoms with Crippen LogP contribution in [-0.2, 0) is 16.6 Å². The quantitative estimate of drug-likeness (QED) is 0.901. The van der Waals surface area contributed by atoms with Gasteiger partial charge in [-0.1, -0.05) is 19.1 Å². The third kappa shape index (κ3) is 2.54. The van der Waals surface area contributed by atoms with E-state index in [2.05, 4.69) is 22.4 Å². The molecule has 0 spiro atoms. The van der Waals surface area contributed by atoms with Crippen LogP contribution in [0.15, 0.2) is 24.3 Å². The van der Waals surface area contributed by atoms with E-state index in [1.165, 1.54) is 0 Å². The molecule has 6 nitrogen and oxygen atoms in total. The van der Waals surface area contributed by atoms with Crippen molar-refractivity contribution >= 4 is 5.97 Å². The van der Waals surface area contributed by atoms with Gasteiger partial charge in [0, 0.05) is 6.42 Å². The number of carbonyl (C=O) groups is 1. The molecule has 0 fully saturated rings. The van der Waals surface area contributed by atoms with Gasteiger partial charge in [0.15, 0.2) is 5.82 Å². The van der Waals surface area contributed by atoms with E-state index in [0.29, 0.717) is 0 Å². The molecule has 0 unspecified atom stereocenters. The number of aryl methyl sites for hydroxylation is 1. The number of aromatic nitrogens is 4. The molecule has 1 heterocycles. The number of nitrogens with zero attached hydrogens (tertiary/aromatic N) is 4. The average molecular weight is 274 g/mol. The van der Waals surface area contributed by atoms with Crippen LogP contribution in [0.3, 0.4) is 0 Å². The van der Waals surface area contributed by atoms with E-state index in [9.17, 15) is 9.90 Å². The minimum atomic E-state index is -0.911. The predicted octanol–water partition coefficient (Wildman–Crippen LogP) is 1.98. The van der Waals surface area contributed by atoms with E-state index in [0.717, 1.165) is 29.9 Å². The summed E-state index contributed by atoms with van der Waals surface area (Å²) in [5, 5.41) is 20.9. The number of tetrazole rings is 1. The van der Waals surface area contributed by atoms with Gasteiger partial charge in [-0.15, -0.1) is 5.10 Å². The average Bonchev–Trinajstić information content (AvgIpc) is 2.87. The Morgan fingerprint density at radius 2 is 1.95 bits per heavy atom. The molecular formula is C14H18N4O2. The highest BCUT2D eigenvalue weighted by Gasteiger charge is 2.29. The molecule has 2 aromatic rings. The Kier molecular flexibility index (Phi) is 3.83. The molecule has 1 N–H and O–H groups in total. The molecule has 0 bridgehead atoms. The van der Waals surface area contributed by atoms with E-state index in [4.69, 9.17) is 0 Å². The normalized spacial score (nSPS) is 11.6. The lowest BCUT2D eigenvalue weighted by Gasteiger charge is -2.19. The third-order valence-electron chi connectivity index (χ3n) is 3.38. The number of hydrogen-bond acceptors (Lipinski definition) is 4. The van der Waals surface area contributed by atoms with Crippen LogP contribution in [-0.4, -0.2) is 31.3 Å². The fraction of sp³-hybridized carbons (Fsp3) is 0.429. The van der Waals surface area contributed by atoms with Crippen molar-refractivity contribution in [2.24, 2.45) is 0 Å². The summed E-state index contributed by atoms with van der Waals surface area (Å²) in [7, 11) is 0. The molecule has 1 aromatic heterocycles. The molecule has 0 aliphatic heterocycles. The van der Waals surface area contributed by atoms with Crippen LogP contribution in [0.2, 0.25) is 0 Å². The molecule has 0 aliphatic rings. The van der Waals surface area contributed by atoms with Crippen molar-refractivity contribution in [3.63, 3.8) is 0 Å². The first-order chi connectivity index (χ1) is 9.46. The molecule has 20 heavy (non-hydrogen) atoms. The second kappa shape index (κ2) is 5.40. The first kappa shape index (κ1) is 14.2. The van der Waals surface area contributed by atoms with E-state index in [1.807, 2.05) is 12.1 Å². The van der Waals surface area contributed by atoms with Crippen LogP contribution in [0.1, 0.15) is 38.6 Å². The number of carboxylic acid groups (broad SMARTS) is 1. The lowest BCUT2D eigenvalue weighted by Crippen LogP contribution is -2.28. The van der Waals surface area contributed by atoms with E-state index in [1.54, 1.807) is 30.7 Å². The van der Waals surface area contributed by atoms with Crippen LogP contribution in [0.25, 0.3) is 5.69 Å². The molecule has 6 heteroatoms. The second-order valence-corrected chi connectivity index (χ2v) is 5.23. The summed E-state index contributed by atoms with van der Waals surface area (Å²) in [4.78, 5) is 11.2. The Morgan fingerprint density at radius 1 is 1.30 bits per heavy atom. The van der Waals surface area contributed by atoms with Crippen LogP contribution >= 0.6 is 0 Å². The lowest BCUT2D eigenvalue weighted by molar-refractivity contribution is -0.142. The highest BCUT2D eigenvalue weighted by molar-refractivity contribution is 5.80. The maximum atomic E-state index is 11.2. The topological polar surface area (TPSA) is 80.9 Å². The van der Waals surface area contributed by atoms with E-state index >= 15 is 0 Å². The van der Waals surface area contributed by atoms with Crippen molar-refractivity contribution < 1.29 is 9.90 Å². The zero-order chi connectivity index (χ0) is 14.8. The fourth-order valence-corrected chi connectivity index (χ4v) is 1.93. The van der Waals surface area contributed by atoms with Crippen molar-refractivity contribution in [3.05, 3.63) is 35.7 Å². The van der Waals surface area contributed by atoms with Gasteiger partial charge < -0.3 is 5.11 Å². The summed E-state index contributed by atoms with van der Waals surface area (Å²) >= 11 is 0. The molecular weight excluding hydrogens is 256 g/mol. The summed E-state index contributed by atoms with van der Waals surface area (Å²) in [6.45, 7) is 5.44. The third-order valence-corrected chi connectivity index (χ3v) is 3.38. The highest BCUT2D eigenvalue weighted by atomic mass is 16.4. The van der Waals surface area contributed by atoms with Crippen molar-refractivity contribution in [2.45, 2.75) is 39.0 Å². The minimum Gasteiger partial charge on any atom is -0.481 e. The van der Waals surface area contributed by atoms with Crippen molar-refractivity contribution in [2.75, 3.05) is 0 Å². The van der Waals surface area contributed by atoms with Gasteiger partial charge >= 0.3 is 5.97 Å². The number of aliphatic carboxylic acids is 1. The van der Waals surface area contributed by atoms with Gasteiger partial charge in [0.2, 0.25) is 0 Å². The molecule has 0 radical (unpaired) electrons. The minimum absolute atomic E-state index is 0.749. The molecule has 2 rings (SSSR count). The van der Waals surface area contributed by atoms with E-state index in [-0.39, 0.29) is 0 Å². The monoisotopic (exact) mass is 274 g/mol. The Labute approximate surface area is 117 Å². The number of benzene rings is 1. The Hall–Kier alpha value is -2.24. The van der Waals surface area contributed by atoms with E-state index < -0.39 is 11.4 Å². The Morgan fingerprint density at radius 3 is 2.50 bits per heavy atom. The highest BCUT2D eigenvalue weighted by Crippen LogP contribution is 2.24. The summed E-state index contributed by atoms with van der Waals surface area (Å²) in [5.74, 6) is -0.0444. The molecule has 0 saturated carbocycles. The van der Waals surface area contributed by atoms with Gasteiger partial charge in [-0.05, 0) is 48.4 Å². The molecule has 106 valence electrons. The van der Waals surface area contributed by atoms with Crippen LogP contribution in [0.4, 0.5) is 0 Å². The molecule has 0 saturated heterocycles. The summed E-state index contributed by atoms with van der Waals surface area (Å²) in [5.41, 5.74) is 0.674. The van der Waals surface area contributed by atoms with Gasteiger partial charge in [0.25, 0.3) is 0 Å². The fourth-order valence-electron chi connectivity index (χ4n) is 1.93. The van der Waals surface area contributed by atoms with Gasteiger partial charge in [0.05, 0.1) is 11.1 Å². The smallest absolute Gasteiger partial charge is 0.313 e. The van der Waals surface area contributed by atoms with Gasteiger partial charge in [0.1, 0.15) is 0 Å². The van der Waals surface area contributed by atoms with Crippen LogP contribution < -0.4 is 0 Å². The maximum absolute atomic E-state index is 11.2. The number of hydrogen-bond donors (Lipinski definition) is 1. The largest absolute Gasteiger partial charge is 0.481 e. The lowest BCUT2D eigenvalue weighted by atomic mass is 9.85. The van der Waals surface area contributed by atoms with Gasteiger partial charge in [-0.25, -0.2) is 0 Å². The number of carboxylic acids is 1. The number of rotatable bonds is 5. The van der Waals surface area contributed by atoms with Crippen molar-refractivity contribution in [1.82, 2.24) is 20.2 Å². The molecule has 0 aliphatic carbocycles. The van der Waals surface area contributed by atoms with Gasteiger partial charge in [-0.2, -0.15) is 4.68 Å². The standard InChI is InChI=1S/C14H18N4O2/c1-4-5-12-15-16-17-18(12)11-8-6-10(7-9-11)14(2,3)13(19)20/h6-9H,4-5H2,1-3H3,(H,19,20). The first-order valence-corrected chi connectivity index (χ1v) is 6.58. The predicted molar refractivity (Wildman–Crippen MR) is 73.8 cm³/mol. The zero-order valence-corrected chi connectivity index (χ0v) is 11.9. The molecule has 0 amide bonds. The Balaban J connectivity index is 2.33. The van der Waals surface area contributed by atoms with Crippen LogP contribution in [0, 0.1) is 0 Å². The van der Waals surface area contributed by atoms with Crippen LogP contribution in [0.5, 0.6) is 0 Å². The summed E-state index contributed by atoms with van der Waals surface area (Å²) in [6.07, 6.45) is 1.76. The zero-order valence-electron chi connectivity index (χ0n) is 11.9. The first-order valence-electron chi connectivity index (χ1n) is 6.58. The maximum Gasteiger partial charge on any atom is 0.313 e. The second-order valence-electron chi connectivity index (χ2n) is 5.23. The van der Waals surface area contributed by atoms with Crippen molar-refractivity contribution in [1.29, 1.82) is 0 Å². The summed E-state index contributed by atoms with van der Waals surface area (Å²) in [6, 6.07) is 7.30. The van der Waals surface area contributed by atoms with Crippen molar-refractivity contribution in [3.8, 4) is 5.69 Å². The Bertz CT molecular complexity index is 602.